The number of para-hydroxylation sites is 1. The van der Waals surface area contributed by atoms with Crippen LogP contribution in [0.5, 0.6) is 0 Å². The number of carbonyl (C=O) groups is 2. The summed E-state index contributed by atoms with van der Waals surface area (Å²) >= 11 is 1.59. The number of thioether (sulfide) groups is 1. The zero-order chi connectivity index (χ0) is 20.0. The monoisotopic (exact) mass is 386 g/mol. The topological polar surface area (TPSA) is 62.6 Å². The quantitative estimate of drug-likeness (QED) is 0.641. The van der Waals surface area contributed by atoms with E-state index in [9.17, 15) is 9.59 Å². The van der Waals surface area contributed by atoms with Crippen LogP contribution in [0.4, 0.5) is 11.4 Å². The second-order valence-corrected chi connectivity index (χ2v) is 7.65. The smallest absolute Gasteiger partial charge is 0.282 e. The Morgan fingerprint density at radius 1 is 1.07 bits per heavy atom. The van der Waals surface area contributed by atoms with Gasteiger partial charge in [-0.3, -0.25) is 9.59 Å². The number of hydrogen-bond donors (Lipinski definition) is 3. The molecule has 0 radical (unpaired) electrons. The lowest BCUT2D eigenvalue weighted by Crippen LogP contribution is -3.14. The maximum Gasteiger partial charge on any atom is 0.282 e. The first-order valence-corrected chi connectivity index (χ1v) is 10.2. The van der Waals surface area contributed by atoms with Crippen molar-refractivity contribution in [1.82, 2.24) is 0 Å². The Morgan fingerprint density at radius 3 is 2.48 bits per heavy atom. The molecule has 0 fully saturated rings. The number of quaternary nitrogens is 1. The van der Waals surface area contributed by atoms with Crippen LogP contribution in [0.15, 0.2) is 47.4 Å². The first-order chi connectivity index (χ1) is 12.8. The molecule has 3 N–H and O–H groups in total. The van der Waals surface area contributed by atoms with Crippen LogP contribution in [-0.4, -0.2) is 37.7 Å². The molecule has 2 atom stereocenters. The van der Waals surface area contributed by atoms with E-state index in [1.807, 2.05) is 76.5 Å². The van der Waals surface area contributed by atoms with E-state index in [2.05, 4.69) is 10.6 Å². The number of hydrogen-bond acceptors (Lipinski definition) is 3. The van der Waals surface area contributed by atoms with E-state index in [1.54, 1.807) is 11.8 Å². The third kappa shape index (κ3) is 5.84. The Morgan fingerprint density at radius 2 is 1.78 bits per heavy atom. The largest absolute Gasteiger partial charge is 0.321 e. The van der Waals surface area contributed by atoms with Crippen LogP contribution in [0.1, 0.15) is 18.1 Å². The highest BCUT2D eigenvalue weighted by Gasteiger charge is 2.24. The average Bonchev–Trinajstić information content (AvgIpc) is 2.64. The van der Waals surface area contributed by atoms with Crippen molar-refractivity contribution in [2.75, 3.05) is 30.5 Å². The molecule has 5 nitrogen and oxygen atoms in total. The van der Waals surface area contributed by atoms with Gasteiger partial charge in [-0.25, -0.2) is 0 Å². The number of aryl methyl sites for hydroxylation is 2. The number of likely N-dealkylation sites (N-methyl/N-ethyl adjacent to an activating group) is 1. The molecule has 0 aromatic heterocycles. The molecule has 0 spiro atoms. The summed E-state index contributed by atoms with van der Waals surface area (Å²) in [6, 6.07) is 13.3. The number of benzene rings is 2. The summed E-state index contributed by atoms with van der Waals surface area (Å²) in [6.07, 6.45) is 1.98. The fourth-order valence-electron chi connectivity index (χ4n) is 2.68. The molecule has 0 heterocycles. The first-order valence-electron chi connectivity index (χ1n) is 8.95. The third-order valence-electron chi connectivity index (χ3n) is 4.60. The third-order valence-corrected chi connectivity index (χ3v) is 5.40. The van der Waals surface area contributed by atoms with Crippen molar-refractivity contribution in [3.63, 3.8) is 0 Å². The van der Waals surface area contributed by atoms with Gasteiger partial charge in [0.25, 0.3) is 11.8 Å². The van der Waals surface area contributed by atoms with E-state index in [4.69, 9.17) is 0 Å². The summed E-state index contributed by atoms with van der Waals surface area (Å²) in [7, 11) is 1.85. The highest BCUT2D eigenvalue weighted by molar-refractivity contribution is 7.98. The second-order valence-electron chi connectivity index (χ2n) is 6.80. The molecule has 144 valence electrons. The second kappa shape index (κ2) is 9.58. The molecule has 0 bridgehead atoms. The van der Waals surface area contributed by atoms with Crippen LogP contribution < -0.4 is 15.5 Å². The van der Waals surface area contributed by atoms with Gasteiger partial charge < -0.3 is 15.5 Å². The van der Waals surface area contributed by atoms with Crippen molar-refractivity contribution in [3.8, 4) is 0 Å². The van der Waals surface area contributed by atoms with Gasteiger partial charge in [-0.15, -0.1) is 11.8 Å². The molecule has 2 amide bonds. The van der Waals surface area contributed by atoms with E-state index >= 15 is 0 Å². The number of rotatable bonds is 7. The molecule has 0 aliphatic carbocycles. The van der Waals surface area contributed by atoms with E-state index in [-0.39, 0.29) is 24.4 Å². The van der Waals surface area contributed by atoms with Gasteiger partial charge in [0.05, 0.1) is 12.7 Å². The van der Waals surface area contributed by atoms with Crippen molar-refractivity contribution in [2.45, 2.75) is 31.7 Å². The maximum atomic E-state index is 12.6. The predicted molar refractivity (Wildman–Crippen MR) is 113 cm³/mol. The molecule has 2 aromatic carbocycles. The Kier molecular flexibility index (Phi) is 7.45. The average molecular weight is 387 g/mol. The molecule has 0 saturated heterocycles. The van der Waals surface area contributed by atoms with Crippen LogP contribution in [0.25, 0.3) is 0 Å². The van der Waals surface area contributed by atoms with Gasteiger partial charge in [-0.2, -0.15) is 0 Å². The summed E-state index contributed by atoms with van der Waals surface area (Å²) in [5.74, 6) is -0.209. The highest BCUT2D eigenvalue weighted by atomic mass is 32.2. The van der Waals surface area contributed by atoms with Crippen molar-refractivity contribution >= 4 is 35.0 Å². The minimum atomic E-state index is -0.357. The molecular formula is C21H28N3O2S+. The SMILES string of the molecule is CSc1ccccc1NC(=O)[C@@H](C)[NH+](C)CC(=O)Nc1cc(C)ccc1C. The van der Waals surface area contributed by atoms with Crippen molar-refractivity contribution in [2.24, 2.45) is 0 Å². The maximum absolute atomic E-state index is 12.6. The standard InChI is InChI=1S/C21H27N3O2S/c1-14-10-11-15(2)18(12-14)22-20(25)13-24(4)16(3)21(26)23-17-8-6-7-9-19(17)27-5/h6-12,16H,13H2,1-5H3,(H,22,25)(H,23,26)/p+1/t16-/m1/s1. The molecule has 2 rings (SSSR count). The van der Waals surface area contributed by atoms with E-state index in [0.717, 1.165) is 32.3 Å². The Labute approximate surface area is 165 Å². The molecule has 2 aromatic rings. The Bertz CT molecular complexity index is 823. The van der Waals surface area contributed by atoms with E-state index in [0.29, 0.717) is 0 Å². The predicted octanol–water partition coefficient (Wildman–Crippen LogP) is 2.51. The summed E-state index contributed by atoms with van der Waals surface area (Å²) < 4.78 is 0. The number of nitrogens with one attached hydrogen (secondary N) is 3. The number of carbonyl (C=O) groups excluding carboxylic acids is 2. The summed E-state index contributed by atoms with van der Waals surface area (Å²) in [6.45, 7) is 6.00. The van der Waals surface area contributed by atoms with E-state index < -0.39 is 0 Å². The van der Waals surface area contributed by atoms with Crippen LogP contribution >= 0.6 is 11.8 Å². The Hall–Kier alpha value is -2.31. The Balaban J connectivity index is 1.95. The van der Waals surface area contributed by atoms with Crippen molar-refractivity contribution in [1.29, 1.82) is 0 Å². The molecule has 0 aliphatic heterocycles. The first kappa shape index (κ1) is 21.0. The molecule has 6 heteroatoms. The van der Waals surface area contributed by atoms with Crippen molar-refractivity contribution in [3.05, 3.63) is 53.6 Å². The number of anilines is 2. The fourth-order valence-corrected chi connectivity index (χ4v) is 3.24. The summed E-state index contributed by atoms with van der Waals surface area (Å²) in [4.78, 5) is 26.8. The van der Waals surface area contributed by atoms with Gasteiger partial charge in [0.2, 0.25) is 0 Å². The lowest BCUT2D eigenvalue weighted by Gasteiger charge is -2.21. The molecule has 0 saturated carbocycles. The van der Waals surface area contributed by atoms with Crippen LogP contribution in [0.3, 0.4) is 0 Å². The van der Waals surface area contributed by atoms with Crippen LogP contribution in [0.2, 0.25) is 0 Å². The zero-order valence-corrected chi connectivity index (χ0v) is 17.4. The summed E-state index contributed by atoms with van der Waals surface area (Å²) in [5.41, 5.74) is 3.73. The van der Waals surface area contributed by atoms with Crippen LogP contribution in [0, 0.1) is 13.8 Å². The van der Waals surface area contributed by atoms with Crippen LogP contribution in [-0.2, 0) is 9.59 Å². The normalized spacial score (nSPS) is 12.9. The molecule has 0 aliphatic rings. The minimum absolute atomic E-state index is 0.103. The van der Waals surface area contributed by atoms with E-state index in [1.165, 1.54) is 0 Å². The van der Waals surface area contributed by atoms with Gasteiger partial charge >= 0.3 is 0 Å². The van der Waals surface area contributed by atoms with Gasteiger partial charge in [-0.1, -0.05) is 24.3 Å². The van der Waals surface area contributed by atoms with Gasteiger partial charge in [0, 0.05) is 10.6 Å². The van der Waals surface area contributed by atoms with Gasteiger partial charge in [0.15, 0.2) is 12.6 Å². The molecular weight excluding hydrogens is 358 g/mol. The fraction of sp³-hybridized carbons (Fsp3) is 0.333. The van der Waals surface area contributed by atoms with Gasteiger partial charge in [-0.05, 0) is 56.4 Å². The van der Waals surface area contributed by atoms with Gasteiger partial charge in [0.1, 0.15) is 0 Å². The summed E-state index contributed by atoms with van der Waals surface area (Å²) in [5, 5.41) is 5.92. The highest BCUT2D eigenvalue weighted by Crippen LogP contribution is 2.24. The minimum Gasteiger partial charge on any atom is -0.321 e. The lowest BCUT2D eigenvalue weighted by atomic mass is 10.1. The zero-order valence-electron chi connectivity index (χ0n) is 16.6. The number of amides is 2. The lowest BCUT2D eigenvalue weighted by molar-refractivity contribution is -0.885. The molecule has 1 unspecified atom stereocenters. The van der Waals surface area contributed by atoms with Crippen molar-refractivity contribution < 1.29 is 14.5 Å². The molecule has 27 heavy (non-hydrogen) atoms.